The molecule has 26 heavy (non-hydrogen) atoms. The third-order valence-corrected chi connectivity index (χ3v) is 5.09. The number of hydrazine groups is 1. The first-order valence-corrected chi connectivity index (χ1v) is 8.91. The second-order valence-corrected chi connectivity index (χ2v) is 6.72. The van der Waals surface area contributed by atoms with Crippen LogP contribution in [0.4, 0.5) is 0 Å². The predicted molar refractivity (Wildman–Crippen MR) is 107 cm³/mol. The van der Waals surface area contributed by atoms with E-state index >= 15 is 0 Å². The Balaban J connectivity index is 1.69. The largest absolute Gasteiger partial charge is 0.497 e. The maximum absolute atomic E-state index is 5.60. The fourth-order valence-corrected chi connectivity index (χ4v) is 3.85. The molecule has 0 unspecified atom stereocenters. The number of methoxy groups -OCH3 is 2. The highest BCUT2D eigenvalue weighted by Crippen LogP contribution is 2.37. The van der Waals surface area contributed by atoms with Crippen molar-refractivity contribution in [1.29, 1.82) is 0 Å². The fraction of sp³-hybridized carbons (Fsp3) is 0.222. The van der Waals surface area contributed by atoms with E-state index in [0.29, 0.717) is 10.2 Å². The van der Waals surface area contributed by atoms with Crippen LogP contribution in [0.15, 0.2) is 48.5 Å². The average molecular weight is 387 g/mol. The van der Waals surface area contributed by atoms with E-state index in [4.69, 9.17) is 33.9 Å². The van der Waals surface area contributed by atoms with Crippen LogP contribution in [-0.4, -0.2) is 34.5 Å². The fourth-order valence-electron chi connectivity index (χ4n) is 3.24. The second-order valence-electron chi connectivity index (χ2n) is 5.95. The lowest BCUT2D eigenvalue weighted by Crippen LogP contribution is -2.36. The van der Waals surface area contributed by atoms with Gasteiger partial charge in [-0.05, 0) is 48.7 Å². The van der Waals surface area contributed by atoms with Gasteiger partial charge in [0, 0.05) is 11.1 Å². The van der Waals surface area contributed by atoms with Gasteiger partial charge in [-0.2, -0.15) is 0 Å². The van der Waals surface area contributed by atoms with Gasteiger partial charge < -0.3 is 20.1 Å². The molecule has 0 aromatic heterocycles. The first-order valence-electron chi connectivity index (χ1n) is 8.09. The molecule has 0 saturated carbocycles. The molecule has 2 atom stereocenters. The quantitative estimate of drug-likeness (QED) is 0.778. The standard InChI is InChI=1S/C18H18N4O2S2/c1-23-13-7-3-5-11(9-13)15-19-17(25)22-16(20-18(26)21(15)22)12-6-4-8-14(10-12)24-2/h3-10,15-16H,1-2H3,(H,19,25)(H,20,26)/t15-,16-/m0/s1. The molecular formula is C18H18N4O2S2. The van der Waals surface area contributed by atoms with Gasteiger partial charge in [-0.3, -0.25) is 0 Å². The summed E-state index contributed by atoms with van der Waals surface area (Å²) in [4.78, 5) is 0. The number of rotatable bonds is 4. The van der Waals surface area contributed by atoms with Crippen LogP contribution < -0.4 is 20.1 Å². The van der Waals surface area contributed by atoms with Gasteiger partial charge in [0.05, 0.1) is 14.2 Å². The Morgan fingerprint density at radius 2 is 1.19 bits per heavy atom. The molecule has 2 aliphatic heterocycles. The van der Waals surface area contributed by atoms with Crippen LogP contribution in [0.3, 0.4) is 0 Å². The molecule has 0 radical (unpaired) electrons. The molecule has 2 fully saturated rings. The number of thiocarbonyl (C=S) groups is 2. The van der Waals surface area contributed by atoms with Crippen molar-refractivity contribution in [3.8, 4) is 11.5 Å². The van der Waals surface area contributed by atoms with Crippen LogP contribution in [0.25, 0.3) is 0 Å². The molecule has 2 saturated heterocycles. The van der Waals surface area contributed by atoms with Crippen LogP contribution in [0.5, 0.6) is 11.5 Å². The van der Waals surface area contributed by atoms with Crippen molar-refractivity contribution in [2.45, 2.75) is 12.3 Å². The number of nitrogens with zero attached hydrogens (tertiary/aromatic N) is 2. The molecule has 0 spiro atoms. The third-order valence-electron chi connectivity index (χ3n) is 4.48. The maximum Gasteiger partial charge on any atom is 0.192 e. The Morgan fingerprint density at radius 3 is 1.58 bits per heavy atom. The summed E-state index contributed by atoms with van der Waals surface area (Å²) in [5, 5.41) is 11.9. The van der Waals surface area contributed by atoms with Gasteiger partial charge in [-0.25, -0.2) is 10.0 Å². The Labute approximate surface area is 162 Å². The molecule has 8 heteroatoms. The van der Waals surface area contributed by atoms with Gasteiger partial charge in [-0.15, -0.1) is 0 Å². The molecule has 2 N–H and O–H groups in total. The highest BCUT2D eigenvalue weighted by Gasteiger charge is 2.47. The highest BCUT2D eigenvalue weighted by atomic mass is 32.1. The molecule has 2 heterocycles. The molecule has 6 nitrogen and oxygen atoms in total. The molecule has 2 aromatic rings. The topological polar surface area (TPSA) is 49.0 Å². The Bertz CT molecular complexity index is 804. The van der Waals surface area contributed by atoms with E-state index in [-0.39, 0.29) is 12.3 Å². The first-order chi connectivity index (χ1) is 12.6. The minimum atomic E-state index is -0.187. The van der Waals surface area contributed by atoms with Crippen molar-refractivity contribution in [3.63, 3.8) is 0 Å². The zero-order valence-electron chi connectivity index (χ0n) is 14.3. The number of ether oxygens (including phenoxy) is 2. The lowest BCUT2D eigenvalue weighted by molar-refractivity contribution is 0.114. The number of nitrogens with one attached hydrogen (secondary N) is 2. The van der Waals surface area contributed by atoms with E-state index in [2.05, 4.69) is 10.6 Å². The van der Waals surface area contributed by atoms with E-state index in [9.17, 15) is 0 Å². The number of fused-ring (bicyclic) bond motifs is 1. The Hall–Kier alpha value is -2.58. The van der Waals surface area contributed by atoms with E-state index in [0.717, 1.165) is 22.6 Å². The SMILES string of the molecule is COc1cccc([C@H]2NC(=S)N3[C@@H](c4cccc(OC)c4)NC(=S)N23)c1. The molecule has 2 aliphatic rings. The van der Waals surface area contributed by atoms with Crippen molar-refractivity contribution in [2.24, 2.45) is 0 Å². The summed E-state index contributed by atoms with van der Waals surface area (Å²) < 4.78 is 10.7. The van der Waals surface area contributed by atoms with Crippen LogP contribution in [0, 0.1) is 0 Å². The number of hydrogen-bond acceptors (Lipinski definition) is 4. The zero-order chi connectivity index (χ0) is 18.3. The van der Waals surface area contributed by atoms with Crippen LogP contribution >= 0.6 is 24.4 Å². The van der Waals surface area contributed by atoms with Crippen molar-refractivity contribution < 1.29 is 9.47 Å². The van der Waals surface area contributed by atoms with Crippen molar-refractivity contribution in [2.75, 3.05) is 14.2 Å². The van der Waals surface area contributed by atoms with Crippen molar-refractivity contribution in [3.05, 3.63) is 59.7 Å². The lowest BCUT2D eigenvalue weighted by atomic mass is 10.1. The van der Waals surface area contributed by atoms with Crippen molar-refractivity contribution >= 4 is 34.7 Å². The summed E-state index contributed by atoms with van der Waals surface area (Å²) in [5.74, 6) is 1.58. The minimum absolute atomic E-state index is 0.187. The molecule has 134 valence electrons. The molecule has 0 amide bonds. The predicted octanol–water partition coefficient (Wildman–Crippen LogP) is 2.70. The van der Waals surface area contributed by atoms with Gasteiger partial charge in [0.15, 0.2) is 10.2 Å². The smallest absolute Gasteiger partial charge is 0.192 e. The van der Waals surface area contributed by atoms with E-state index in [1.165, 1.54) is 0 Å². The van der Waals surface area contributed by atoms with Crippen molar-refractivity contribution in [1.82, 2.24) is 20.7 Å². The number of hydrogen-bond donors (Lipinski definition) is 2. The molecular weight excluding hydrogens is 368 g/mol. The van der Waals surface area contributed by atoms with E-state index in [1.807, 2.05) is 58.5 Å². The highest BCUT2D eigenvalue weighted by molar-refractivity contribution is 7.80. The van der Waals surface area contributed by atoms with Crippen LogP contribution in [0.1, 0.15) is 23.5 Å². The Kier molecular flexibility index (Phi) is 4.29. The average Bonchev–Trinajstić information content (AvgIpc) is 3.20. The van der Waals surface area contributed by atoms with E-state index in [1.54, 1.807) is 14.2 Å². The monoisotopic (exact) mass is 386 g/mol. The van der Waals surface area contributed by atoms with E-state index < -0.39 is 0 Å². The summed E-state index contributed by atoms with van der Waals surface area (Å²) in [6.45, 7) is 0. The molecule has 4 rings (SSSR count). The minimum Gasteiger partial charge on any atom is -0.497 e. The maximum atomic E-state index is 5.60. The van der Waals surface area contributed by atoms with Crippen LogP contribution in [-0.2, 0) is 0 Å². The molecule has 0 bridgehead atoms. The number of benzene rings is 2. The zero-order valence-corrected chi connectivity index (χ0v) is 15.9. The van der Waals surface area contributed by atoms with Gasteiger partial charge in [0.2, 0.25) is 0 Å². The van der Waals surface area contributed by atoms with Gasteiger partial charge in [0.1, 0.15) is 23.8 Å². The molecule has 0 aliphatic carbocycles. The summed E-state index contributed by atoms with van der Waals surface area (Å²) in [5.41, 5.74) is 2.04. The van der Waals surface area contributed by atoms with Gasteiger partial charge in [0.25, 0.3) is 0 Å². The summed E-state index contributed by atoms with van der Waals surface area (Å²) in [6.07, 6.45) is -0.374. The normalized spacial score (nSPS) is 21.3. The summed E-state index contributed by atoms with van der Waals surface area (Å²) in [7, 11) is 3.30. The summed E-state index contributed by atoms with van der Waals surface area (Å²) in [6, 6.07) is 15.7. The van der Waals surface area contributed by atoms with Gasteiger partial charge in [-0.1, -0.05) is 24.3 Å². The summed E-state index contributed by atoms with van der Waals surface area (Å²) >= 11 is 11.2. The van der Waals surface area contributed by atoms with Gasteiger partial charge >= 0.3 is 0 Å². The second kappa shape index (κ2) is 6.62. The first kappa shape index (κ1) is 16.9. The lowest BCUT2D eigenvalue weighted by Gasteiger charge is -2.27. The third kappa shape index (κ3) is 2.71. The Morgan fingerprint density at radius 1 is 0.769 bits per heavy atom. The molecule has 2 aromatic carbocycles. The van der Waals surface area contributed by atoms with Crippen LogP contribution in [0.2, 0.25) is 0 Å².